The van der Waals surface area contributed by atoms with Crippen molar-refractivity contribution < 1.29 is 9.53 Å². The zero-order valence-electron chi connectivity index (χ0n) is 9.98. The van der Waals surface area contributed by atoms with E-state index in [9.17, 15) is 4.79 Å². The molecular weight excluding hydrogens is 250 g/mol. The molecule has 0 saturated heterocycles. The summed E-state index contributed by atoms with van der Waals surface area (Å²) in [5, 5.41) is 18.2. The highest BCUT2D eigenvalue weighted by Gasteiger charge is 2.15. The first-order valence-electron chi connectivity index (χ1n) is 5.13. The van der Waals surface area contributed by atoms with E-state index in [0.717, 1.165) is 11.3 Å². The van der Waals surface area contributed by atoms with E-state index in [1.54, 1.807) is 19.9 Å². The van der Waals surface area contributed by atoms with Gasteiger partial charge in [-0.05, 0) is 25.5 Å². The lowest BCUT2D eigenvalue weighted by molar-refractivity contribution is -0.137. The smallest absolute Gasteiger partial charge is 0.348 e. The Morgan fingerprint density at radius 1 is 1.56 bits per heavy atom. The lowest BCUT2D eigenvalue weighted by Crippen LogP contribution is -2.05. The lowest BCUT2D eigenvalue weighted by atomic mass is 10.1. The monoisotopic (exact) mass is 261 g/mol. The molecule has 0 aliphatic heterocycles. The molecule has 92 valence electrons. The standard InChI is InChI=1S/C12H11N3O2S/c1-3-17-12(16)8(5-13)4-10-7(2)9(6-14)11(15)18-10/h4H,3,15H2,1-2H3. The number of carbonyl (C=O) groups excluding carboxylic acids is 1. The number of ether oxygens (including phenoxy) is 1. The van der Waals surface area contributed by atoms with Crippen molar-refractivity contribution in [2.24, 2.45) is 0 Å². The fourth-order valence-electron chi connectivity index (χ4n) is 1.31. The molecule has 0 aliphatic rings. The van der Waals surface area contributed by atoms with E-state index in [4.69, 9.17) is 21.0 Å². The van der Waals surface area contributed by atoms with E-state index >= 15 is 0 Å². The summed E-state index contributed by atoms with van der Waals surface area (Å²) in [6, 6.07) is 3.77. The van der Waals surface area contributed by atoms with Crippen molar-refractivity contribution in [1.29, 1.82) is 10.5 Å². The van der Waals surface area contributed by atoms with E-state index in [1.165, 1.54) is 6.08 Å². The first-order valence-corrected chi connectivity index (χ1v) is 5.94. The summed E-state index contributed by atoms with van der Waals surface area (Å²) in [5.74, 6) is -0.676. The minimum Gasteiger partial charge on any atom is -0.462 e. The Morgan fingerprint density at radius 3 is 2.67 bits per heavy atom. The molecule has 0 unspecified atom stereocenters. The largest absolute Gasteiger partial charge is 0.462 e. The molecule has 5 nitrogen and oxygen atoms in total. The molecule has 0 radical (unpaired) electrons. The number of nitrogens with two attached hydrogens (primary N) is 1. The van der Waals surface area contributed by atoms with Crippen LogP contribution < -0.4 is 5.73 Å². The molecule has 1 aromatic heterocycles. The van der Waals surface area contributed by atoms with Crippen LogP contribution in [0.1, 0.15) is 22.9 Å². The van der Waals surface area contributed by atoms with Crippen LogP contribution in [0.2, 0.25) is 0 Å². The van der Waals surface area contributed by atoms with Gasteiger partial charge in [0, 0.05) is 4.88 Å². The van der Waals surface area contributed by atoms with Gasteiger partial charge in [-0.1, -0.05) is 0 Å². The van der Waals surface area contributed by atoms with Gasteiger partial charge in [0.15, 0.2) is 0 Å². The summed E-state index contributed by atoms with van der Waals surface area (Å²) in [4.78, 5) is 12.1. The Morgan fingerprint density at radius 2 is 2.22 bits per heavy atom. The zero-order valence-corrected chi connectivity index (χ0v) is 10.8. The normalized spacial score (nSPS) is 10.6. The fraction of sp³-hybridized carbons (Fsp3) is 0.250. The first-order chi connectivity index (χ1) is 8.54. The van der Waals surface area contributed by atoms with Crippen LogP contribution in [0.3, 0.4) is 0 Å². The second-order valence-corrected chi connectivity index (χ2v) is 4.42. The number of nitrogen functional groups attached to an aromatic ring is 1. The molecule has 0 amide bonds. The van der Waals surface area contributed by atoms with Gasteiger partial charge in [0.1, 0.15) is 22.7 Å². The topological polar surface area (TPSA) is 99.9 Å². The second kappa shape index (κ2) is 5.85. The highest BCUT2D eigenvalue weighted by atomic mass is 32.1. The van der Waals surface area contributed by atoms with Crippen LogP contribution >= 0.6 is 11.3 Å². The molecule has 2 N–H and O–H groups in total. The van der Waals surface area contributed by atoms with Crippen LogP contribution in [-0.2, 0) is 9.53 Å². The Bertz CT molecular complexity index is 588. The highest BCUT2D eigenvalue weighted by molar-refractivity contribution is 7.17. The molecule has 6 heteroatoms. The molecular formula is C12H11N3O2S. The van der Waals surface area contributed by atoms with Crippen molar-refractivity contribution in [1.82, 2.24) is 0 Å². The number of esters is 1. The van der Waals surface area contributed by atoms with Gasteiger partial charge in [0.05, 0.1) is 12.2 Å². The number of hydrogen-bond donors (Lipinski definition) is 1. The molecule has 0 bridgehead atoms. The Kier molecular flexibility index (Phi) is 4.47. The van der Waals surface area contributed by atoms with Crippen molar-refractivity contribution >= 4 is 28.4 Å². The molecule has 18 heavy (non-hydrogen) atoms. The van der Waals surface area contributed by atoms with Gasteiger partial charge >= 0.3 is 5.97 Å². The summed E-state index contributed by atoms with van der Waals surface area (Å²) in [6.45, 7) is 3.58. The number of carbonyl (C=O) groups is 1. The summed E-state index contributed by atoms with van der Waals surface area (Å²) < 4.78 is 4.75. The van der Waals surface area contributed by atoms with E-state index in [-0.39, 0.29) is 12.2 Å². The van der Waals surface area contributed by atoms with Gasteiger partial charge < -0.3 is 10.5 Å². The van der Waals surface area contributed by atoms with E-state index < -0.39 is 5.97 Å². The lowest BCUT2D eigenvalue weighted by Gasteiger charge is -1.98. The molecule has 0 atom stereocenters. The maximum atomic E-state index is 11.4. The van der Waals surface area contributed by atoms with E-state index in [2.05, 4.69) is 0 Å². The van der Waals surface area contributed by atoms with Crippen molar-refractivity contribution in [3.8, 4) is 12.1 Å². The van der Waals surface area contributed by atoms with Gasteiger partial charge in [-0.3, -0.25) is 0 Å². The zero-order chi connectivity index (χ0) is 13.7. The van der Waals surface area contributed by atoms with Gasteiger partial charge in [0.25, 0.3) is 0 Å². The molecule has 0 fully saturated rings. The van der Waals surface area contributed by atoms with Gasteiger partial charge in [-0.25, -0.2) is 4.79 Å². The minimum atomic E-state index is -0.676. The maximum absolute atomic E-state index is 11.4. The van der Waals surface area contributed by atoms with Crippen LogP contribution in [0, 0.1) is 29.6 Å². The number of nitriles is 2. The summed E-state index contributed by atoms with van der Waals surface area (Å²) in [7, 11) is 0. The number of nitrogens with zero attached hydrogens (tertiary/aromatic N) is 2. The summed E-state index contributed by atoms with van der Waals surface area (Å²) in [6.07, 6.45) is 1.40. The molecule has 0 spiro atoms. The quantitative estimate of drug-likeness (QED) is 0.509. The predicted octanol–water partition coefficient (Wildman–Crippen LogP) is 1.98. The Balaban J connectivity index is 3.20. The van der Waals surface area contributed by atoms with Crippen LogP contribution in [0.4, 0.5) is 5.00 Å². The van der Waals surface area contributed by atoms with Gasteiger partial charge in [-0.15, -0.1) is 11.3 Å². The average Bonchev–Trinajstić information content (AvgIpc) is 2.61. The third-order valence-corrected chi connectivity index (χ3v) is 3.28. The fourth-order valence-corrected chi connectivity index (χ4v) is 2.28. The summed E-state index contributed by atoms with van der Waals surface area (Å²) in [5.41, 5.74) is 6.61. The van der Waals surface area contributed by atoms with Crippen LogP contribution in [0.25, 0.3) is 6.08 Å². The highest BCUT2D eigenvalue weighted by Crippen LogP contribution is 2.31. The molecule has 1 heterocycles. The van der Waals surface area contributed by atoms with E-state index in [1.807, 2.05) is 6.07 Å². The third-order valence-electron chi connectivity index (χ3n) is 2.21. The van der Waals surface area contributed by atoms with Crippen molar-refractivity contribution in [3.63, 3.8) is 0 Å². The van der Waals surface area contributed by atoms with Gasteiger partial charge in [0.2, 0.25) is 0 Å². The Labute approximate surface area is 109 Å². The molecule has 1 rings (SSSR count). The second-order valence-electron chi connectivity index (χ2n) is 3.33. The number of thiophene rings is 1. The maximum Gasteiger partial charge on any atom is 0.348 e. The van der Waals surface area contributed by atoms with Crippen molar-refractivity contribution in [2.45, 2.75) is 13.8 Å². The van der Waals surface area contributed by atoms with Gasteiger partial charge in [-0.2, -0.15) is 10.5 Å². The SMILES string of the molecule is CCOC(=O)C(C#N)=Cc1sc(N)c(C#N)c1C. The van der Waals surface area contributed by atoms with Crippen LogP contribution in [-0.4, -0.2) is 12.6 Å². The number of hydrogen-bond acceptors (Lipinski definition) is 6. The van der Waals surface area contributed by atoms with Crippen molar-refractivity contribution in [3.05, 3.63) is 21.6 Å². The van der Waals surface area contributed by atoms with Crippen LogP contribution in [0.15, 0.2) is 5.57 Å². The molecule has 1 aromatic rings. The third kappa shape index (κ3) is 2.68. The minimum absolute atomic E-state index is 0.106. The predicted molar refractivity (Wildman–Crippen MR) is 68.4 cm³/mol. The van der Waals surface area contributed by atoms with E-state index in [0.29, 0.717) is 21.0 Å². The van der Waals surface area contributed by atoms with Crippen LogP contribution in [0.5, 0.6) is 0 Å². The molecule has 0 aromatic carbocycles. The van der Waals surface area contributed by atoms with Crippen molar-refractivity contribution in [2.75, 3.05) is 12.3 Å². The molecule has 0 aliphatic carbocycles. The first kappa shape index (κ1) is 13.8. The number of rotatable bonds is 3. The molecule has 0 saturated carbocycles. The Hall–Kier alpha value is -2.31. The summed E-state index contributed by atoms with van der Waals surface area (Å²) >= 11 is 1.16. The number of anilines is 1. The average molecular weight is 261 g/mol.